The normalized spacial score (nSPS) is 18.0. The average molecular weight is 273 g/mol. The van der Waals surface area contributed by atoms with Gasteiger partial charge in [-0.3, -0.25) is 4.90 Å². The van der Waals surface area contributed by atoms with Crippen molar-refractivity contribution in [3.8, 4) is 11.8 Å². The van der Waals surface area contributed by atoms with E-state index in [-0.39, 0.29) is 6.04 Å². The topological polar surface area (TPSA) is 48.3 Å². The first kappa shape index (κ1) is 14.8. The fourth-order valence-corrected chi connectivity index (χ4v) is 2.49. The molecule has 108 valence electrons. The summed E-state index contributed by atoms with van der Waals surface area (Å²) in [6, 6.07) is 10.2. The predicted octanol–water partition coefficient (Wildman–Crippen LogP) is 2.34. The molecule has 0 amide bonds. The van der Waals surface area contributed by atoms with E-state index in [1.165, 1.54) is 0 Å². The van der Waals surface area contributed by atoms with Crippen molar-refractivity contribution in [1.29, 1.82) is 5.26 Å². The minimum atomic E-state index is -0.180. The van der Waals surface area contributed by atoms with Crippen LogP contribution in [0.15, 0.2) is 24.3 Å². The Kier molecular flexibility index (Phi) is 5.85. The summed E-state index contributed by atoms with van der Waals surface area (Å²) in [5.74, 6) is 0.859. The molecular weight excluding hydrogens is 250 g/mol. The van der Waals surface area contributed by atoms with Gasteiger partial charge in [-0.2, -0.15) is 5.26 Å². The van der Waals surface area contributed by atoms with Gasteiger partial charge in [0.1, 0.15) is 11.8 Å². The molecule has 1 fully saturated rings. The molecule has 20 heavy (non-hydrogen) atoms. The summed E-state index contributed by atoms with van der Waals surface area (Å²) >= 11 is 0. The van der Waals surface area contributed by atoms with E-state index >= 15 is 0 Å². The molecule has 1 atom stereocenters. The van der Waals surface area contributed by atoms with E-state index in [2.05, 4.69) is 23.2 Å². The highest BCUT2D eigenvalue weighted by molar-refractivity contribution is 5.33. The molecule has 0 spiro atoms. The van der Waals surface area contributed by atoms with Gasteiger partial charge in [-0.05, 0) is 37.1 Å². The van der Waals surface area contributed by atoms with Crippen molar-refractivity contribution in [2.75, 3.05) is 32.8 Å². The van der Waals surface area contributed by atoms with Crippen LogP contribution in [0.25, 0.3) is 0 Å². The summed E-state index contributed by atoms with van der Waals surface area (Å²) in [6.45, 7) is 6.67. The van der Waals surface area contributed by atoms with E-state index < -0.39 is 0 Å². The van der Waals surface area contributed by atoms with Crippen molar-refractivity contribution >= 4 is 0 Å². The number of benzene rings is 1. The third-order valence-corrected chi connectivity index (χ3v) is 3.51. The van der Waals surface area contributed by atoms with Crippen molar-refractivity contribution in [2.24, 2.45) is 0 Å². The van der Waals surface area contributed by atoms with Crippen LogP contribution in [0.3, 0.4) is 0 Å². The fourth-order valence-electron chi connectivity index (χ4n) is 2.49. The van der Waals surface area contributed by atoms with E-state index in [9.17, 15) is 5.26 Å². The van der Waals surface area contributed by atoms with Gasteiger partial charge in [-0.1, -0.05) is 19.1 Å². The second kappa shape index (κ2) is 7.88. The van der Waals surface area contributed by atoms with Gasteiger partial charge in [0.2, 0.25) is 0 Å². The first-order valence-corrected chi connectivity index (χ1v) is 7.42. The van der Waals surface area contributed by atoms with E-state index in [0.29, 0.717) is 6.61 Å². The van der Waals surface area contributed by atoms with Crippen molar-refractivity contribution in [2.45, 2.75) is 25.8 Å². The lowest BCUT2D eigenvalue weighted by atomic mass is 10.1. The molecular formula is C16H23N3O. The number of hydrogen-bond donors (Lipinski definition) is 1. The first-order chi connectivity index (χ1) is 9.85. The Morgan fingerprint density at radius 1 is 1.40 bits per heavy atom. The highest BCUT2D eigenvalue weighted by Gasteiger charge is 2.21. The standard InChI is InChI=1S/C16H23N3O/c1-2-11-20-15-6-3-5-14(12-15)16(13-17)19-9-4-7-18-8-10-19/h3,5-6,12,16,18H,2,4,7-11H2,1H3. The SMILES string of the molecule is CCCOc1cccc(C(C#N)N2CCCNCC2)c1. The van der Waals surface area contributed by atoms with Crippen molar-refractivity contribution in [1.82, 2.24) is 10.2 Å². The van der Waals surface area contributed by atoms with Gasteiger partial charge in [0.15, 0.2) is 0 Å². The molecule has 0 radical (unpaired) electrons. The molecule has 1 heterocycles. The predicted molar refractivity (Wildman–Crippen MR) is 79.6 cm³/mol. The maximum absolute atomic E-state index is 9.54. The van der Waals surface area contributed by atoms with Gasteiger partial charge < -0.3 is 10.1 Å². The molecule has 0 aliphatic carbocycles. The van der Waals surface area contributed by atoms with Gasteiger partial charge in [0.05, 0.1) is 12.7 Å². The number of nitrogens with zero attached hydrogens (tertiary/aromatic N) is 2. The highest BCUT2D eigenvalue weighted by atomic mass is 16.5. The Morgan fingerprint density at radius 3 is 3.10 bits per heavy atom. The van der Waals surface area contributed by atoms with E-state index in [0.717, 1.165) is 50.3 Å². The van der Waals surface area contributed by atoms with Crippen LogP contribution < -0.4 is 10.1 Å². The van der Waals surface area contributed by atoms with E-state index in [4.69, 9.17) is 4.74 Å². The number of hydrogen-bond acceptors (Lipinski definition) is 4. The van der Waals surface area contributed by atoms with Crippen LogP contribution >= 0.6 is 0 Å². The van der Waals surface area contributed by atoms with E-state index in [1.807, 2.05) is 24.3 Å². The highest BCUT2D eigenvalue weighted by Crippen LogP contribution is 2.24. The van der Waals surface area contributed by atoms with Gasteiger partial charge >= 0.3 is 0 Å². The Bertz CT molecular complexity index is 447. The van der Waals surface area contributed by atoms with Crippen LogP contribution in [-0.4, -0.2) is 37.7 Å². The Morgan fingerprint density at radius 2 is 2.30 bits per heavy atom. The summed E-state index contributed by atoms with van der Waals surface area (Å²) in [4.78, 5) is 2.25. The lowest BCUT2D eigenvalue weighted by Gasteiger charge is -2.25. The smallest absolute Gasteiger partial charge is 0.124 e. The average Bonchev–Trinajstić information content (AvgIpc) is 2.76. The molecule has 4 nitrogen and oxygen atoms in total. The van der Waals surface area contributed by atoms with Gasteiger partial charge in [0, 0.05) is 19.6 Å². The number of rotatable bonds is 5. The summed E-state index contributed by atoms with van der Waals surface area (Å²) in [5, 5.41) is 12.9. The largest absolute Gasteiger partial charge is 0.494 e. The molecule has 1 aliphatic rings. The molecule has 0 saturated carbocycles. The maximum atomic E-state index is 9.54. The molecule has 1 aliphatic heterocycles. The molecule has 1 aromatic rings. The van der Waals surface area contributed by atoms with Crippen LogP contribution in [0.2, 0.25) is 0 Å². The Labute approximate surface area is 121 Å². The number of nitrogens with one attached hydrogen (secondary N) is 1. The Balaban J connectivity index is 2.11. The summed E-state index contributed by atoms with van der Waals surface area (Å²) < 4.78 is 5.66. The first-order valence-electron chi connectivity index (χ1n) is 7.42. The third-order valence-electron chi connectivity index (χ3n) is 3.51. The van der Waals surface area contributed by atoms with Crippen LogP contribution in [-0.2, 0) is 0 Å². The van der Waals surface area contributed by atoms with Crippen LogP contribution in [0.5, 0.6) is 5.75 Å². The van der Waals surface area contributed by atoms with Crippen LogP contribution in [0.4, 0.5) is 0 Å². The number of ether oxygens (including phenoxy) is 1. The maximum Gasteiger partial charge on any atom is 0.124 e. The zero-order valence-electron chi connectivity index (χ0n) is 12.1. The summed E-state index contributed by atoms with van der Waals surface area (Å²) in [6.07, 6.45) is 2.08. The zero-order valence-corrected chi connectivity index (χ0v) is 12.1. The van der Waals surface area contributed by atoms with Crippen molar-refractivity contribution in [3.05, 3.63) is 29.8 Å². The summed E-state index contributed by atoms with van der Waals surface area (Å²) in [7, 11) is 0. The molecule has 1 saturated heterocycles. The third kappa shape index (κ3) is 3.96. The van der Waals surface area contributed by atoms with E-state index in [1.54, 1.807) is 0 Å². The zero-order chi connectivity index (χ0) is 14.2. The second-order valence-corrected chi connectivity index (χ2v) is 5.09. The molecule has 1 N–H and O–H groups in total. The number of nitriles is 1. The van der Waals surface area contributed by atoms with Gasteiger partial charge in [0.25, 0.3) is 0 Å². The van der Waals surface area contributed by atoms with Gasteiger partial charge in [-0.25, -0.2) is 0 Å². The minimum Gasteiger partial charge on any atom is -0.494 e. The van der Waals surface area contributed by atoms with Gasteiger partial charge in [-0.15, -0.1) is 0 Å². The molecule has 4 heteroatoms. The molecule has 1 aromatic carbocycles. The minimum absolute atomic E-state index is 0.180. The quantitative estimate of drug-likeness (QED) is 0.894. The lowest BCUT2D eigenvalue weighted by Crippen LogP contribution is -2.31. The van der Waals surface area contributed by atoms with Crippen molar-refractivity contribution < 1.29 is 4.74 Å². The summed E-state index contributed by atoms with van der Waals surface area (Å²) in [5.41, 5.74) is 1.03. The molecule has 2 rings (SSSR count). The van der Waals surface area contributed by atoms with Crippen LogP contribution in [0, 0.1) is 11.3 Å². The van der Waals surface area contributed by atoms with Crippen LogP contribution in [0.1, 0.15) is 31.4 Å². The lowest BCUT2D eigenvalue weighted by molar-refractivity contribution is 0.251. The monoisotopic (exact) mass is 273 g/mol. The molecule has 0 aromatic heterocycles. The Hall–Kier alpha value is -1.57. The van der Waals surface area contributed by atoms with Crippen molar-refractivity contribution in [3.63, 3.8) is 0 Å². The fraction of sp³-hybridized carbons (Fsp3) is 0.562. The molecule has 0 bridgehead atoms. The molecule has 1 unspecified atom stereocenters. The second-order valence-electron chi connectivity index (χ2n) is 5.09.